The highest BCUT2D eigenvalue weighted by Crippen LogP contribution is 2.17. The number of nitrogens with one attached hydrogen (secondary N) is 2. The second-order valence-electron chi connectivity index (χ2n) is 5.72. The minimum absolute atomic E-state index is 0.102. The first-order valence-corrected chi connectivity index (χ1v) is 7.99. The minimum Gasteiger partial charge on any atom is -0.468 e. The van der Waals surface area contributed by atoms with Crippen LogP contribution in [0, 0.1) is 5.82 Å². The summed E-state index contributed by atoms with van der Waals surface area (Å²) in [4.78, 5) is 6.29. The van der Waals surface area contributed by atoms with Gasteiger partial charge in [-0.1, -0.05) is 18.2 Å². The average molecular weight is 332 g/mol. The van der Waals surface area contributed by atoms with Crippen LogP contribution in [0.15, 0.2) is 52.1 Å². The number of halogens is 1. The molecule has 0 amide bonds. The van der Waals surface area contributed by atoms with Crippen LogP contribution in [-0.2, 0) is 6.42 Å². The van der Waals surface area contributed by atoms with E-state index in [4.69, 9.17) is 4.42 Å². The normalized spacial score (nSPS) is 13.1. The topological polar surface area (TPSA) is 52.8 Å². The van der Waals surface area contributed by atoms with Crippen LogP contribution in [-0.4, -0.2) is 45.1 Å². The Balaban J connectivity index is 1.83. The summed E-state index contributed by atoms with van der Waals surface area (Å²) in [5.41, 5.74) is 0.696. The van der Waals surface area contributed by atoms with Crippen molar-refractivity contribution in [3.8, 4) is 0 Å². The van der Waals surface area contributed by atoms with E-state index in [2.05, 4.69) is 20.5 Å². The van der Waals surface area contributed by atoms with Crippen molar-refractivity contribution in [2.45, 2.75) is 12.5 Å². The van der Waals surface area contributed by atoms with Gasteiger partial charge in [-0.15, -0.1) is 0 Å². The van der Waals surface area contributed by atoms with E-state index in [-0.39, 0.29) is 11.9 Å². The maximum atomic E-state index is 13.6. The lowest BCUT2D eigenvalue weighted by atomic mass is 10.1. The van der Waals surface area contributed by atoms with Gasteiger partial charge < -0.3 is 15.1 Å². The summed E-state index contributed by atoms with van der Waals surface area (Å²) in [6, 6.07) is 10.8. The standard InChI is InChI=1S/C18H25FN4O/c1-20-18(21-11-10-14-7-4-5-8-15(14)19)22-13-16(23(2)3)17-9-6-12-24-17/h4-9,12,16H,10-11,13H2,1-3H3,(H2,20,21,22). The third kappa shape index (κ3) is 5.09. The van der Waals surface area contributed by atoms with E-state index in [1.807, 2.05) is 32.3 Å². The SMILES string of the molecule is CN=C(NCCc1ccccc1F)NCC(c1ccco1)N(C)C. The summed E-state index contributed by atoms with van der Waals surface area (Å²) in [7, 11) is 5.72. The molecule has 2 aromatic rings. The van der Waals surface area contributed by atoms with Gasteiger partial charge in [0.15, 0.2) is 5.96 Å². The Morgan fingerprint density at radius 3 is 2.62 bits per heavy atom. The molecule has 0 spiro atoms. The number of hydrogen-bond donors (Lipinski definition) is 2. The Bertz CT molecular complexity index is 640. The van der Waals surface area contributed by atoms with Gasteiger partial charge >= 0.3 is 0 Å². The molecule has 2 N–H and O–H groups in total. The molecule has 0 bridgehead atoms. The summed E-state index contributed by atoms with van der Waals surface area (Å²) in [6.45, 7) is 1.26. The monoisotopic (exact) mass is 332 g/mol. The molecule has 5 nitrogen and oxygen atoms in total. The second kappa shape index (κ2) is 9.08. The number of nitrogens with zero attached hydrogens (tertiary/aromatic N) is 2. The third-order valence-electron chi connectivity index (χ3n) is 3.83. The second-order valence-corrected chi connectivity index (χ2v) is 5.72. The average Bonchev–Trinajstić information content (AvgIpc) is 3.09. The molecule has 2 rings (SSSR count). The Hall–Kier alpha value is -2.34. The largest absolute Gasteiger partial charge is 0.468 e. The molecule has 0 radical (unpaired) electrons. The van der Waals surface area contributed by atoms with Crippen molar-refractivity contribution in [3.63, 3.8) is 0 Å². The van der Waals surface area contributed by atoms with Crippen molar-refractivity contribution >= 4 is 5.96 Å². The zero-order valence-electron chi connectivity index (χ0n) is 14.4. The summed E-state index contributed by atoms with van der Waals surface area (Å²) in [5, 5.41) is 6.49. The zero-order valence-corrected chi connectivity index (χ0v) is 14.4. The molecule has 24 heavy (non-hydrogen) atoms. The number of aliphatic imine (C=N–C) groups is 1. The Kier molecular flexibility index (Phi) is 6.81. The van der Waals surface area contributed by atoms with Crippen LogP contribution in [0.25, 0.3) is 0 Å². The molecule has 0 saturated carbocycles. The lowest BCUT2D eigenvalue weighted by Gasteiger charge is -2.23. The molecule has 0 saturated heterocycles. The maximum Gasteiger partial charge on any atom is 0.191 e. The number of hydrogen-bond acceptors (Lipinski definition) is 3. The molecule has 0 aliphatic heterocycles. The van der Waals surface area contributed by atoms with Crippen LogP contribution < -0.4 is 10.6 Å². The van der Waals surface area contributed by atoms with Crippen molar-refractivity contribution in [2.24, 2.45) is 4.99 Å². The number of benzene rings is 1. The fourth-order valence-electron chi connectivity index (χ4n) is 2.45. The third-order valence-corrected chi connectivity index (χ3v) is 3.83. The van der Waals surface area contributed by atoms with E-state index >= 15 is 0 Å². The molecule has 1 heterocycles. The summed E-state index contributed by atoms with van der Waals surface area (Å²) >= 11 is 0. The van der Waals surface area contributed by atoms with E-state index in [9.17, 15) is 4.39 Å². The van der Waals surface area contributed by atoms with Crippen LogP contribution in [0.3, 0.4) is 0 Å². The maximum absolute atomic E-state index is 13.6. The fraction of sp³-hybridized carbons (Fsp3) is 0.389. The van der Waals surface area contributed by atoms with E-state index in [0.717, 1.165) is 5.76 Å². The number of furan rings is 1. The summed E-state index contributed by atoms with van der Waals surface area (Å²) in [5.74, 6) is 1.41. The van der Waals surface area contributed by atoms with Gasteiger partial charge in [-0.3, -0.25) is 9.89 Å². The van der Waals surface area contributed by atoms with E-state index in [1.165, 1.54) is 6.07 Å². The highest BCUT2D eigenvalue weighted by molar-refractivity contribution is 5.79. The molecule has 0 aliphatic carbocycles. The summed E-state index contributed by atoms with van der Waals surface area (Å²) in [6.07, 6.45) is 2.27. The predicted octanol–water partition coefficient (Wildman–Crippen LogP) is 2.43. The van der Waals surface area contributed by atoms with Crippen LogP contribution in [0.4, 0.5) is 4.39 Å². The molecular weight excluding hydrogens is 307 g/mol. The Morgan fingerprint density at radius 1 is 1.21 bits per heavy atom. The zero-order chi connectivity index (χ0) is 17.4. The van der Waals surface area contributed by atoms with Gasteiger partial charge in [-0.25, -0.2) is 4.39 Å². The van der Waals surface area contributed by atoms with Gasteiger partial charge in [0.1, 0.15) is 11.6 Å². The highest BCUT2D eigenvalue weighted by atomic mass is 19.1. The number of rotatable bonds is 7. The molecule has 6 heteroatoms. The van der Waals surface area contributed by atoms with Crippen LogP contribution >= 0.6 is 0 Å². The number of guanidine groups is 1. The molecule has 0 fully saturated rings. The molecule has 0 aliphatic rings. The van der Waals surface area contributed by atoms with Crippen molar-refractivity contribution in [1.82, 2.24) is 15.5 Å². The van der Waals surface area contributed by atoms with E-state index < -0.39 is 0 Å². The van der Waals surface area contributed by atoms with Crippen molar-refractivity contribution in [3.05, 3.63) is 59.8 Å². The summed E-state index contributed by atoms with van der Waals surface area (Å²) < 4.78 is 19.1. The van der Waals surface area contributed by atoms with Crippen molar-refractivity contribution in [2.75, 3.05) is 34.2 Å². The number of likely N-dealkylation sites (N-methyl/N-ethyl adjacent to an activating group) is 1. The van der Waals surface area contributed by atoms with Crippen LogP contribution in [0.1, 0.15) is 17.4 Å². The molecule has 1 aromatic heterocycles. The van der Waals surface area contributed by atoms with Gasteiger partial charge in [0, 0.05) is 20.1 Å². The molecule has 130 valence electrons. The molecule has 1 aromatic carbocycles. The van der Waals surface area contributed by atoms with Gasteiger partial charge in [-0.2, -0.15) is 0 Å². The Morgan fingerprint density at radius 2 is 2.00 bits per heavy atom. The molecular formula is C18H25FN4O. The first-order chi connectivity index (χ1) is 11.6. The van der Waals surface area contributed by atoms with Gasteiger partial charge in [0.2, 0.25) is 0 Å². The van der Waals surface area contributed by atoms with Gasteiger partial charge in [-0.05, 0) is 44.3 Å². The first kappa shape index (κ1) is 18.0. The van der Waals surface area contributed by atoms with E-state index in [1.54, 1.807) is 25.4 Å². The minimum atomic E-state index is -0.173. The van der Waals surface area contributed by atoms with Crippen LogP contribution in [0.2, 0.25) is 0 Å². The predicted molar refractivity (Wildman–Crippen MR) is 94.6 cm³/mol. The molecule has 1 atom stereocenters. The fourth-order valence-corrected chi connectivity index (χ4v) is 2.45. The highest BCUT2D eigenvalue weighted by Gasteiger charge is 2.17. The van der Waals surface area contributed by atoms with E-state index in [0.29, 0.717) is 31.0 Å². The van der Waals surface area contributed by atoms with Gasteiger partial charge in [0.25, 0.3) is 0 Å². The lowest BCUT2D eigenvalue weighted by Crippen LogP contribution is -2.42. The van der Waals surface area contributed by atoms with Crippen LogP contribution in [0.5, 0.6) is 0 Å². The smallest absolute Gasteiger partial charge is 0.191 e. The van der Waals surface area contributed by atoms with Crippen molar-refractivity contribution in [1.29, 1.82) is 0 Å². The quantitative estimate of drug-likeness (QED) is 0.604. The first-order valence-electron chi connectivity index (χ1n) is 7.99. The van der Waals surface area contributed by atoms with Gasteiger partial charge in [0.05, 0.1) is 12.3 Å². The lowest BCUT2D eigenvalue weighted by molar-refractivity contribution is 0.258. The molecule has 1 unspecified atom stereocenters. The van der Waals surface area contributed by atoms with Crippen molar-refractivity contribution < 1.29 is 8.81 Å². The Labute approximate surface area is 142 Å².